The number of hydrogen-bond donors (Lipinski definition) is 2. The summed E-state index contributed by atoms with van der Waals surface area (Å²) >= 11 is 0. The molecule has 0 aromatic heterocycles. The van der Waals surface area contributed by atoms with Crippen LogP contribution in [0.4, 0.5) is 11.4 Å². The molecule has 0 unspecified atom stereocenters. The Labute approximate surface area is 129 Å². The molecule has 0 fully saturated rings. The molecule has 1 aliphatic rings. The summed E-state index contributed by atoms with van der Waals surface area (Å²) in [5, 5.41) is 5.75. The topological polar surface area (TPSA) is 70.6 Å². The summed E-state index contributed by atoms with van der Waals surface area (Å²) in [6, 6.07) is 7.71. The van der Waals surface area contributed by atoms with Gasteiger partial charge in [0, 0.05) is 19.2 Å². The summed E-state index contributed by atoms with van der Waals surface area (Å²) in [7, 11) is 0. The van der Waals surface area contributed by atoms with E-state index in [0.717, 1.165) is 23.5 Å². The number of anilines is 1. The summed E-state index contributed by atoms with van der Waals surface area (Å²) in [5.41, 5.74) is 3.51. The SMILES string of the molecule is CCNc1ccc(N=C2C=C(NC(C)=O)C(=O)C=C2C)cc1. The highest BCUT2D eigenvalue weighted by Crippen LogP contribution is 2.20. The molecule has 0 spiro atoms. The zero-order valence-corrected chi connectivity index (χ0v) is 12.9. The number of ketones is 1. The van der Waals surface area contributed by atoms with Crippen LogP contribution in [-0.2, 0) is 9.59 Å². The Bertz CT molecular complexity index is 682. The van der Waals surface area contributed by atoms with Crippen molar-refractivity contribution in [3.63, 3.8) is 0 Å². The van der Waals surface area contributed by atoms with Crippen LogP contribution in [0.15, 0.2) is 52.7 Å². The third-order valence-electron chi connectivity index (χ3n) is 3.11. The molecule has 0 atom stereocenters. The number of allylic oxidation sites excluding steroid dienone is 3. The molecule has 1 aromatic rings. The highest BCUT2D eigenvalue weighted by Gasteiger charge is 2.17. The molecule has 0 aliphatic heterocycles. The largest absolute Gasteiger partial charge is 0.385 e. The van der Waals surface area contributed by atoms with Crippen molar-refractivity contribution in [2.24, 2.45) is 4.99 Å². The minimum atomic E-state index is -0.276. The van der Waals surface area contributed by atoms with Gasteiger partial charge in [-0.1, -0.05) is 0 Å². The fraction of sp³-hybridized carbons (Fsp3) is 0.235. The average molecular weight is 297 g/mol. The number of aliphatic imine (C=N–C) groups is 1. The van der Waals surface area contributed by atoms with Crippen LogP contribution >= 0.6 is 0 Å². The zero-order valence-electron chi connectivity index (χ0n) is 12.9. The van der Waals surface area contributed by atoms with Crippen molar-refractivity contribution < 1.29 is 9.59 Å². The standard InChI is InChI=1S/C17H19N3O2/c1-4-18-13-5-7-14(8-6-13)20-15-10-16(19-12(3)21)17(22)9-11(15)2/h5-10,18H,4H2,1-3H3,(H,19,21). The lowest BCUT2D eigenvalue weighted by atomic mass is 10.0. The zero-order chi connectivity index (χ0) is 16.1. The van der Waals surface area contributed by atoms with Gasteiger partial charge in [0.1, 0.15) is 0 Å². The van der Waals surface area contributed by atoms with Crippen molar-refractivity contribution in [2.75, 3.05) is 11.9 Å². The van der Waals surface area contributed by atoms with E-state index in [1.807, 2.05) is 38.1 Å². The van der Waals surface area contributed by atoms with Crippen LogP contribution in [-0.4, -0.2) is 23.9 Å². The predicted octanol–water partition coefficient (Wildman–Crippen LogP) is 2.74. The summed E-state index contributed by atoms with van der Waals surface area (Å²) in [4.78, 5) is 27.5. The number of rotatable bonds is 4. The number of carbonyl (C=O) groups excluding carboxylic acids is 2. The van der Waals surface area contributed by atoms with E-state index in [1.165, 1.54) is 13.0 Å². The Balaban J connectivity index is 2.28. The Kier molecular flexibility index (Phi) is 4.88. The van der Waals surface area contributed by atoms with E-state index >= 15 is 0 Å². The molecule has 0 radical (unpaired) electrons. The van der Waals surface area contributed by atoms with Crippen molar-refractivity contribution in [3.8, 4) is 0 Å². The van der Waals surface area contributed by atoms with Gasteiger partial charge in [0.05, 0.1) is 17.1 Å². The van der Waals surface area contributed by atoms with Gasteiger partial charge in [-0.05, 0) is 55.8 Å². The van der Waals surface area contributed by atoms with Gasteiger partial charge >= 0.3 is 0 Å². The van der Waals surface area contributed by atoms with Gasteiger partial charge in [-0.2, -0.15) is 0 Å². The number of hydrogen-bond acceptors (Lipinski definition) is 4. The van der Waals surface area contributed by atoms with Crippen LogP contribution in [0.3, 0.4) is 0 Å². The molecular formula is C17H19N3O2. The van der Waals surface area contributed by atoms with Crippen molar-refractivity contribution in [3.05, 3.63) is 47.7 Å². The monoisotopic (exact) mass is 297 g/mol. The second-order valence-electron chi connectivity index (χ2n) is 5.01. The maximum Gasteiger partial charge on any atom is 0.221 e. The smallest absolute Gasteiger partial charge is 0.221 e. The molecule has 1 aliphatic carbocycles. The number of nitrogens with zero attached hydrogens (tertiary/aromatic N) is 1. The van der Waals surface area contributed by atoms with E-state index in [9.17, 15) is 9.59 Å². The first-order valence-electron chi connectivity index (χ1n) is 7.14. The summed E-state index contributed by atoms with van der Waals surface area (Å²) < 4.78 is 0. The number of amides is 1. The van der Waals surface area contributed by atoms with Crippen LogP contribution < -0.4 is 10.6 Å². The second kappa shape index (κ2) is 6.85. The molecule has 5 nitrogen and oxygen atoms in total. The number of nitrogens with one attached hydrogen (secondary N) is 2. The van der Waals surface area contributed by atoms with Crippen molar-refractivity contribution >= 4 is 28.8 Å². The molecule has 0 bridgehead atoms. The third-order valence-corrected chi connectivity index (χ3v) is 3.11. The molecule has 0 heterocycles. The fourth-order valence-corrected chi connectivity index (χ4v) is 2.07. The molecule has 5 heteroatoms. The molecule has 114 valence electrons. The molecule has 2 N–H and O–H groups in total. The molecule has 1 amide bonds. The summed E-state index contributed by atoms with van der Waals surface area (Å²) in [6.07, 6.45) is 3.09. The van der Waals surface area contributed by atoms with Crippen LogP contribution in [0.2, 0.25) is 0 Å². The Hall–Kier alpha value is -2.69. The van der Waals surface area contributed by atoms with E-state index in [1.54, 1.807) is 6.08 Å². The van der Waals surface area contributed by atoms with Crippen LogP contribution in [0.1, 0.15) is 20.8 Å². The van der Waals surface area contributed by atoms with Gasteiger partial charge < -0.3 is 10.6 Å². The van der Waals surface area contributed by atoms with E-state index in [2.05, 4.69) is 15.6 Å². The highest BCUT2D eigenvalue weighted by molar-refractivity contribution is 6.22. The second-order valence-corrected chi connectivity index (χ2v) is 5.01. The Morgan fingerprint density at radius 1 is 1.18 bits per heavy atom. The van der Waals surface area contributed by atoms with E-state index in [4.69, 9.17) is 0 Å². The maximum atomic E-state index is 11.8. The van der Waals surface area contributed by atoms with Crippen LogP contribution in [0.5, 0.6) is 0 Å². The third kappa shape index (κ3) is 3.91. The van der Waals surface area contributed by atoms with Gasteiger partial charge in [-0.15, -0.1) is 0 Å². The average Bonchev–Trinajstić information content (AvgIpc) is 2.46. The van der Waals surface area contributed by atoms with Crippen molar-refractivity contribution in [1.82, 2.24) is 5.32 Å². The number of benzene rings is 1. The van der Waals surface area contributed by atoms with Gasteiger partial charge in [-0.3, -0.25) is 9.59 Å². The maximum absolute atomic E-state index is 11.8. The number of carbonyl (C=O) groups is 2. The minimum absolute atomic E-state index is 0.214. The highest BCUT2D eigenvalue weighted by atomic mass is 16.2. The first-order chi connectivity index (χ1) is 10.5. The molecular weight excluding hydrogens is 278 g/mol. The fourth-order valence-electron chi connectivity index (χ4n) is 2.07. The first kappa shape index (κ1) is 15.7. The van der Waals surface area contributed by atoms with E-state index < -0.39 is 0 Å². The lowest BCUT2D eigenvalue weighted by Crippen LogP contribution is -2.27. The molecule has 2 rings (SSSR count). The van der Waals surface area contributed by atoms with Crippen molar-refractivity contribution in [1.29, 1.82) is 0 Å². The van der Waals surface area contributed by atoms with E-state index in [0.29, 0.717) is 5.71 Å². The van der Waals surface area contributed by atoms with E-state index in [-0.39, 0.29) is 17.4 Å². The van der Waals surface area contributed by atoms with Gasteiger partial charge in [-0.25, -0.2) is 4.99 Å². The molecule has 0 saturated carbocycles. The van der Waals surface area contributed by atoms with Gasteiger partial charge in [0.15, 0.2) is 0 Å². The Morgan fingerprint density at radius 2 is 1.86 bits per heavy atom. The molecule has 0 saturated heterocycles. The summed E-state index contributed by atoms with van der Waals surface area (Å²) in [5.74, 6) is -0.490. The lowest BCUT2D eigenvalue weighted by Gasteiger charge is -2.13. The molecule has 22 heavy (non-hydrogen) atoms. The van der Waals surface area contributed by atoms with Gasteiger partial charge in [0.25, 0.3) is 0 Å². The lowest BCUT2D eigenvalue weighted by molar-refractivity contribution is -0.120. The quantitative estimate of drug-likeness (QED) is 0.839. The normalized spacial score (nSPS) is 16.1. The minimum Gasteiger partial charge on any atom is -0.385 e. The van der Waals surface area contributed by atoms with Gasteiger partial charge in [0.2, 0.25) is 11.7 Å². The van der Waals surface area contributed by atoms with Crippen LogP contribution in [0, 0.1) is 0 Å². The Morgan fingerprint density at radius 3 is 2.45 bits per heavy atom. The predicted molar refractivity (Wildman–Crippen MR) is 88.4 cm³/mol. The van der Waals surface area contributed by atoms with Crippen LogP contribution in [0.25, 0.3) is 0 Å². The summed E-state index contributed by atoms with van der Waals surface area (Å²) in [6.45, 7) is 6.09. The van der Waals surface area contributed by atoms with Crippen molar-refractivity contribution in [2.45, 2.75) is 20.8 Å². The molecule has 1 aromatic carbocycles. The first-order valence-corrected chi connectivity index (χ1v) is 7.14.